The fraction of sp³-hybridized carbons (Fsp3) is 0.286. The zero-order chi connectivity index (χ0) is 9.56. The molecule has 0 saturated carbocycles. The van der Waals surface area contributed by atoms with Crippen molar-refractivity contribution < 1.29 is 14.7 Å². The van der Waals surface area contributed by atoms with Gasteiger partial charge in [-0.1, -0.05) is 0 Å². The Morgan fingerprint density at radius 2 is 2.25 bits per heavy atom. The molecule has 5 nitrogen and oxygen atoms in total. The number of aliphatic carboxylic acids is 1. The van der Waals surface area contributed by atoms with E-state index in [4.69, 9.17) is 10.8 Å². The summed E-state index contributed by atoms with van der Waals surface area (Å²) in [4.78, 5) is 20.9. The Hall–Kier alpha value is -1.74. The third kappa shape index (κ3) is 4.14. The smallest absolute Gasteiger partial charge is 0.330 e. The Kier molecular flexibility index (Phi) is 4.26. The number of hydrogen-bond acceptors (Lipinski definition) is 3. The van der Waals surface area contributed by atoms with E-state index in [0.29, 0.717) is 0 Å². The first-order valence-corrected chi connectivity index (χ1v) is 3.20. The summed E-state index contributed by atoms with van der Waals surface area (Å²) in [5.41, 5.74) is 7.30. The van der Waals surface area contributed by atoms with Crippen molar-refractivity contribution in [3.63, 3.8) is 0 Å². The van der Waals surface area contributed by atoms with Gasteiger partial charge in [0.2, 0.25) is 5.91 Å². The maximum absolute atomic E-state index is 10.5. The predicted molar refractivity (Wildman–Crippen MR) is 42.1 cm³/mol. The van der Waals surface area contributed by atoms with Crippen LogP contribution in [0.3, 0.4) is 0 Å². The minimum absolute atomic E-state index is 0.419. The second-order valence-corrected chi connectivity index (χ2v) is 2.02. The number of carboxylic acid groups (broad SMARTS) is 1. The molecule has 0 aromatic heterocycles. The van der Waals surface area contributed by atoms with Crippen LogP contribution in [0.4, 0.5) is 0 Å². The first-order valence-electron chi connectivity index (χ1n) is 3.20. The number of carbonyl (C=O) groups is 2. The molecule has 5 heteroatoms. The van der Waals surface area contributed by atoms with Crippen molar-refractivity contribution in [2.45, 2.75) is 13.0 Å². The summed E-state index contributed by atoms with van der Waals surface area (Å²) < 4.78 is 0. The van der Waals surface area contributed by atoms with Crippen LogP contribution in [-0.4, -0.2) is 23.0 Å². The first kappa shape index (κ1) is 10.3. The molecule has 0 aliphatic heterocycles. The highest BCUT2D eigenvalue weighted by Gasteiger charge is 2.13. The molecule has 0 rings (SSSR count). The first-order chi connectivity index (χ1) is 5.57. The molecule has 12 heavy (non-hydrogen) atoms. The average Bonchev–Trinajstić information content (AvgIpc) is 1.96. The third-order valence-electron chi connectivity index (χ3n) is 0.984. The number of hydrogen-bond donors (Lipinski definition) is 3. The van der Waals surface area contributed by atoms with Gasteiger partial charge in [0.1, 0.15) is 0 Å². The van der Waals surface area contributed by atoms with Crippen LogP contribution >= 0.6 is 0 Å². The van der Waals surface area contributed by atoms with Crippen LogP contribution in [0.2, 0.25) is 0 Å². The molecule has 0 heterocycles. The van der Waals surface area contributed by atoms with E-state index in [0.717, 1.165) is 12.3 Å². The summed E-state index contributed by atoms with van der Waals surface area (Å²) in [5.74, 6) is -1.57. The van der Waals surface area contributed by atoms with Crippen LogP contribution in [0.25, 0.3) is 0 Å². The van der Waals surface area contributed by atoms with E-state index in [-0.39, 0.29) is 0 Å². The van der Waals surface area contributed by atoms with Gasteiger partial charge in [-0.25, -0.2) is 4.79 Å². The molecule has 1 unspecified atom stereocenters. The van der Waals surface area contributed by atoms with E-state index in [1.165, 1.54) is 6.92 Å². The monoisotopic (exact) mass is 170 g/mol. The lowest BCUT2D eigenvalue weighted by molar-refractivity contribution is -0.140. The summed E-state index contributed by atoms with van der Waals surface area (Å²) in [5, 5.41) is 10.7. The van der Waals surface area contributed by atoms with Gasteiger partial charge in [-0.05, 0) is 6.08 Å². The minimum Gasteiger partial charge on any atom is -0.479 e. The van der Waals surface area contributed by atoms with Crippen molar-refractivity contribution in [2.24, 2.45) is 5.73 Å². The Balaban J connectivity index is 4.34. The van der Waals surface area contributed by atoms with Gasteiger partial charge >= 0.3 is 5.97 Å². The highest BCUT2D eigenvalue weighted by molar-refractivity contribution is 5.83. The van der Waals surface area contributed by atoms with Crippen LogP contribution in [0, 0.1) is 0 Å². The Morgan fingerprint density at radius 3 is 2.58 bits per heavy atom. The third-order valence-corrected chi connectivity index (χ3v) is 0.984. The molecule has 1 amide bonds. The van der Waals surface area contributed by atoms with Crippen molar-refractivity contribution >= 4 is 11.9 Å². The van der Waals surface area contributed by atoms with Crippen LogP contribution < -0.4 is 11.1 Å². The Bertz CT molecular complexity index is 241. The van der Waals surface area contributed by atoms with Gasteiger partial charge in [-0.15, -0.1) is 5.73 Å². The molecule has 0 bridgehead atoms. The highest BCUT2D eigenvalue weighted by Crippen LogP contribution is 1.85. The molecule has 0 aliphatic carbocycles. The molecule has 0 radical (unpaired) electrons. The summed E-state index contributed by atoms with van der Waals surface area (Å²) in [7, 11) is 0. The van der Waals surface area contributed by atoms with Gasteiger partial charge in [-0.3, -0.25) is 4.79 Å². The average molecular weight is 170 g/mol. The van der Waals surface area contributed by atoms with Crippen LogP contribution in [0.1, 0.15) is 6.92 Å². The van der Waals surface area contributed by atoms with Gasteiger partial charge in [-0.2, -0.15) is 0 Å². The summed E-state index contributed by atoms with van der Waals surface area (Å²) in [6.45, 7) is 1.23. The summed E-state index contributed by atoms with van der Waals surface area (Å²) >= 11 is 0. The number of amides is 1. The fourth-order valence-electron chi connectivity index (χ4n) is 0.545. The zero-order valence-corrected chi connectivity index (χ0v) is 6.57. The SMILES string of the molecule is CC(=O)NC(C=C=CN)C(=O)O. The summed E-state index contributed by atoms with van der Waals surface area (Å²) in [6.07, 6.45) is 2.22. The molecule has 0 aliphatic rings. The van der Waals surface area contributed by atoms with Crippen molar-refractivity contribution in [3.05, 3.63) is 18.0 Å². The zero-order valence-electron chi connectivity index (χ0n) is 6.57. The lowest BCUT2D eigenvalue weighted by Crippen LogP contribution is -2.37. The maximum atomic E-state index is 10.5. The van der Waals surface area contributed by atoms with Crippen molar-refractivity contribution in [2.75, 3.05) is 0 Å². The van der Waals surface area contributed by atoms with Gasteiger partial charge < -0.3 is 16.2 Å². The molecule has 0 aromatic rings. The molecule has 0 fully saturated rings. The lowest BCUT2D eigenvalue weighted by Gasteiger charge is -2.05. The van der Waals surface area contributed by atoms with Gasteiger partial charge in [0.15, 0.2) is 6.04 Å². The summed E-state index contributed by atoms with van der Waals surface area (Å²) in [6, 6.07) is -1.07. The minimum atomic E-state index is -1.15. The van der Waals surface area contributed by atoms with Crippen LogP contribution in [0.5, 0.6) is 0 Å². The van der Waals surface area contributed by atoms with E-state index in [2.05, 4.69) is 11.0 Å². The number of carboxylic acids is 1. The van der Waals surface area contributed by atoms with Gasteiger partial charge in [0.05, 0.1) is 0 Å². The van der Waals surface area contributed by atoms with E-state index in [1.807, 2.05) is 0 Å². The molecule has 0 spiro atoms. The van der Waals surface area contributed by atoms with E-state index < -0.39 is 17.9 Å². The van der Waals surface area contributed by atoms with Crippen LogP contribution in [0.15, 0.2) is 18.0 Å². The lowest BCUT2D eigenvalue weighted by atomic mass is 10.3. The number of rotatable bonds is 3. The predicted octanol–water partition coefficient (Wildman–Crippen LogP) is -0.797. The Labute approximate surface area is 69.6 Å². The molecular formula is C7H10N2O3. The standard InChI is InChI=1S/C7H10N2O3/c1-5(10)9-6(7(11)12)3-2-4-8/h3-4,6H,8H2,1H3,(H,9,10)(H,11,12). The molecular weight excluding hydrogens is 160 g/mol. The van der Waals surface area contributed by atoms with Gasteiger partial charge in [0.25, 0.3) is 0 Å². The number of nitrogens with two attached hydrogens (primary N) is 1. The molecule has 4 N–H and O–H groups in total. The molecule has 1 atom stereocenters. The quantitative estimate of drug-likeness (QED) is 0.483. The topological polar surface area (TPSA) is 92.4 Å². The molecule has 0 aromatic carbocycles. The van der Waals surface area contributed by atoms with Crippen molar-refractivity contribution in [1.29, 1.82) is 0 Å². The molecule has 0 saturated heterocycles. The second-order valence-electron chi connectivity index (χ2n) is 2.02. The van der Waals surface area contributed by atoms with Crippen molar-refractivity contribution in [1.82, 2.24) is 5.32 Å². The normalized spacial score (nSPS) is 10.8. The molecule has 66 valence electrons. The van der Waals surface area contributed by atoms with E-state index in [9.17, 15) is 9.59 Å². The highest BCUT2D eigenvalue weighted by atomic mass is 16.4. The number of nitrogens with one attached hydrogen (secondary N) is 1. The van der Waals surface area contributed by atoms with Crippen LogP contribution in [-0.2, 0) is 9.59 Å². The largest absolute Gasteiger partial charge is 0.479 e. The second kappa shape index (κ2) is 4.98. The fourth-order valence-corrected chi connectivity index (χ4v) is 0.545. The number of carbonyl (C=O) groups excluding carboxylic acids is 1. The Morgan fingerprint density at radius 1 is 1.67 bits per heavy atom. The van der Waals surface area contributed by atoms with Crippen molar-refractivity contribution in [3.8, 4) is 0 Å². The van der Waals surface area contributed by atoms with E-state index in [1.54, 1.807) is 0 Å². The van der Waals surface area contributed by atoms with E-state index >= 15 is 0 Å². The van der Waals surface area contributed by atoms with Gasteiger partial charge in [0, 0.05) is 13.1 Å². The maximum Gasteiger partial charge on any atom is 0.330 e.